The number of carbonyl (C=O) groups is 2. The van der Waals surface area contributed by atoms with Gasteiger partial charge in [-0.2, -0.15) is 0 Å². The fourth-order valence-electron chi connectivity index (χ4n) is 2.88. The van der Waals surface area contributed by atoms with Crippen molar-refractivity contribution in [1.29, 1.82) is 0 Å². The molecule has 144 valence electrons. The Labute approximate surface area is 170 Å². The van der Waals surface area contributed by atoms with Gasteiger partial charge in [-0.1, -0.05) is 35.1 Å². The number of rotatable bonds is 4. The van der Waals surface area contributed by atoms with E-state index in [1.807, 2.05) is 12.1 Å². The zero-order chi connectivity index (χ0) is 19.5. The van der Waals surface area contributed by atoms with Crippen molar-refractivity contribution in [3.8, 4) is 0 Å². The van der Waals surface area contributed by atoms with E-state index in [0.717, 1.165) is 16.1 Å². The molecule has 1 aliphatic rings. The van der Waals surface area contributed by atoms with E-state index in [4.69, 9.17) is 16.0 Å². The number of urea groups is 1. The number of aromatic nitrogens is 1. The number of halogens is 1. The lowest BCUT2D eigenvalue weighted by atomic mass is 10.2. The number of benzene rings is 1. The van der Waals surface area contributed by atoms with E-state index < -0.39 is 0 Å². The first-order valence-corrected chi connectivity index (χ1v) is 9.88. The Morgan fingerprint density at radius 1 is 1.25 bits per heavy atom. The maximum absolute atomic E-state index is 12.5. The number of amides is 3. The van der Waals surface area contributed by atoms with Gasteiger partial charge >= 0.3 is 6.03 Å². The van der Waals surface area contributed by atoms with E-state index in [2.05, 4.69) is 15.6 Å². The van der Waals surface area contributed by atoms with Crippen LogP contribution in [0.5, 0.6) is 0 Å². The van der Waals surface area contributed by atoms with Crippen LogP contribution in [0.3, 0.4) is 0 Å². The highest BCUT2D eigenvalue weighted by molar-refractivity contribution is 7.15. The molecule has 0 unspecified atom stereocenters. The second-order valence-corrected chi connectivity index (χ2v) is 7.80. The molecule has 0 spiro atoms. The van der Waals surface area contributed by atoms with Crippen molar-refractivity contribution in [1.82, 2.24) is 15.2 Å². The van der Waals surface area contributed by atoms with E-state index >= 15 is 0 Å². The molecule has 1 aromatic carbocycles. The van der Waals surface area contributed by atoms with Gasteiger partial charge in [-0.25, -0.2) is 9.78 Å². The Bertz CT molecular complexity index is 985. The van der Waals surface area contributed by atoms with Gasteiger partial charge < -0.3 is 14.6 Å². The van der Waals surface area contributed by atoms with Crippen LogP contribution in [0.25, 0.3) is 0 Å². The molecule has 3 amide bonds. The van der Waals surface area contributed by atoms with Crippen molar-refractivity contribution in [3.63, 3.8) is 0 Å². The van der Waals surface area contributed by atoms with Crippen molar-refractivity contribution in [3.05, 3.63) is 69.6 Å². The van der Waals surface area contributed by atoms with Crippen LogP contribution in [-0.2, 0) is 19.5 Å². The van der Waals surface area contributed by atoms with Crippen molar-refractivity contribution in [2.75, 3.05) is 11.9 Å². The summed E-state index contributed by atoms with van der Waals surface area (Å²) < 4.78 is 5.08. The summed E-state index contributed by atoms with van der Waals surface area (Å²) in [5.41, 5.74) is 1.90. The van der Waals surface area contributed by atoms with Crippen LogP contribution in [0.15, 0.2) is 47.1 Å². The fraction of sp³-hybridized carbons (Fsp3) is 0.211. The summed E-state index contributed by atoms with van der Waals surface area (Å²) in [4.78, 5) is 31.7. The second-order valence-electron chi connectivity index (χ2n) is 6.28. The summed E-state index contributed by atoms with van der Waals surface area (Å²) >= 11 is 7.25. The number of nitrogens with zero attached hydrogens (tertiary/aromatic N) is 2. The molecule has 0 saturated heterocycles. The first-order valence-electron chi connectivity index (χ1n) is 8.69. The van der Waals surface area contributed by atoms with Crippen LogP contribution >= 0.6 is 22.9 Å². The number of fused-ring (bicyclic) bond motifs is 1. The smallest absolute Gasteiger partial charge is 0.318 e. The lowest BCUT2D eigenvalue weighted by molar-refractivity contribution is 0.0996. The fourth-order valence-corrected chi connectivity index (χ4v) is 4.03. The number of furan rings is 1. The van der Waals surface area contributed by atoms with Crippen LogP contribution in [0, 0.1) is 0 Å². The first kappa shape index (κ1) is 18.5. The number of hydrogen-bond acceptors (Lipinski definition) is 5. The molecule has 1 aliphatic heterocycles. The van der Waals surface area contributed by atoms with Crippen molar-refractivity contribution in [2.24, 2.45) is 0 Å². The zero-order valence-corrected chi connectivity index (χ0v) is 16.3. The monoisotopic (exact) mass is 416 g/mol. The van der Waals surface area contributed by atoms with Gasteiger partial charge in [0.1, 0.15) is 0 Å². The topological polar surface area (TPSA) is 87.5 Å². The second kappa shape index (κ2) is 8.04. The molecule has 2 N–H and O–H groups in total. The van der Waals surface area contributed by atoms with Gasteiger partial charge in [-0.3, -0.25) is 10.1 Å². The summed E-state index contributed by atoms with van der Waals surface area (Å²) in [6, 6.07) is 10.5. The highest BCUT2D eigenvalue weighted by Crippen LogP contribution is 2.28. The van der Waals surface area contributed by atoms with Gasteiger partial charge in [0.2, 0.25) is 0 Å². The van der Waals surface area contributed by atoms with Gasteiger partial charge in [0.15, 0.2) is 10.9 Å². The average Bonchev–Trinajstić information content (AvgIpc) is 3.36. The number of carbonyl (C=O) groups excluding carboxylic acids is 2. The molecular weight excluding hydrogens is 400 g/mol. The predicted molar refractivity (Wildman–Crippen MR) is 107 cm³/mol. The third kappa shape index (κ3) is 4.18. The van der Waals surface area contributed by atoms with E-state index in [-0.39, 0.29) is 17.7 Å². The van der Waals surface area contributed by atoms with Crippen molar-refractivity contribution < 1.29 is 14.0 Å². The molecule has 3 aromatic rings. The highest BCUT2D eigenvalue weighted by atomic mass is 35.5. The zero-order valence-electron chi connectivity index (χ0n) is 14.8. The minimum atomic E-state index is -0.339. The third-order valence-corrected chi connectivity index (χ3v) is 5.59. The number of hydrogen-bond donors (Lipinski definition) is 2. The number of anilines is 1. The predicted octanol–water partition coefficient (Wildman–Crippen LogP) is 3.91. The maximum atomic E-state index is 12.5. The van der Waals surface area contributed by atoms with Crippen molar-refractivity contribution in [2.45, 2.75) is 19.5 Å². The quantitative estimate of drug-likeness (QED) is 0.675. The van der Waals surface area contributed by atoms with Crippen LogP contribution in [0.1, 0.15) is 26.7 Å². The van der Waals surface area contributed by atoms with Crippen LogP contribution < -0.4 is 10.6 Å². The standard InChI is InChI=1S/C19H17ClN4O3S/c20-13-5-3-12(4-6-13)10-21-19(26)24-8-7-14-16(11-24)28-18(22-14)23-17(25)15-2-1-9-27-15/h1-6,9H,7-8,10-11H2,(H,21,26)(H,22,23,25). The van der Waals surface area contributed by atoms with Crippen LogP contribution in [0.4, 0.5) is 9.93 Å². The third-order valence-electron chi connectivity index (χ3n) is 4.34. The SMILES string of the molecule is O=C(Nc1nc2c(s1)CN(C(=O)NCc1ccc(Cl)cc1)CC2)c1ccco1. The minimum Gasteiger partial charge on any atom is -0.459 e. The van der Waals surface area contributed by atoms with Gasteiger partial charge in [-0.15, -0.1) is 0 Å². The summed E-state index contributed by atoms with van der Waals surface area (Å²) in [5, 5.41) is 6.84. The van der Waals surface area contributed by atoms with Gasteiger partial charge in [-0.05, 0) is 29.8 Å². The first-order chi connectivity index (χ1) is 13.6. The molecule has 3 heterocycles. The minimum absolute atomic E-state index is 0.129. The Morgan fingerprint density at radius 2 is 2.07 bits per heavy atom. The van der Waals surface area contributed by atoms with E-state index in [9.17, 15) is 9.59 Å². The molecule has 28 heavy (non-hydrogen) atoms. The summed E-state index contributed by atoms with van der Waals surface area (Å²) in [5.74, 6) is -0.106. The molecule has 0 bridgehead atoms. The molecule has 0 aliphatic carbocycles. The molecule has 7 nitrogen and oxygen atoms in total. The van der Waals surface area contributed by atoms with Gasteiger partial charge in [0, 0.05) is 29.4 Å². The molecule has 0 fully saturated rings. The molecular formula is C19H17ClN4O3S. The summed E-state index contributed by atoms with van der Waals surface area (Å²) in [6.07, 6.45) is 2.10. The molecule has 9 heteroatoms. The Kier molecular flexibility index (Phi) is 5.31. The summed E-state index contributed by atoms with van der Waals surface area (Å²) in [7, 11) is 0. The van der Waals surface area contributed by atoms with Gasteiger partial charge in [0.05, 0.1) is 18.5 Å². The summed E-state index contributed by atoms with van der Waals surface area (Å²) in [6.45, 7) is 1.48. The molecule has 4 rings (SSSR count). The van der Waals surface area contributed by atoms with E-state index in [1.54, 1.807) is 29.2 Å². The largest absolute Gasteiger partial charge is 0.459 e. The lowest BCUT2D eigenvalue weighted by Gasteiger charge is -2.26. The van der Waals surface area contributed by atoms with E-state index in [0.29, 0.717) is 36.2 Å². The van der Waals surface area contributed by atoms with Crippen LogP contribution in [-0.4, -0.2) is 28.4 Å². The highest BCUT2D eigenvalue weighted by Gasteiger charge is 2.24. The molecule has 0 radical (unpaired) electrons. The van der Waals surface area contributed by atoms with Crippen LogP contribution in [0.2, 0.25) is 5.02 Å². The van der Waals surface area contributed by atoms with E-state index in [1.165, 1.54) is 17.6 Å². The number of thiazole rings is 1. The molecule has 0 saturated carbocycles. The molecule has 2 aromatic heterocycles. The lowest BCUT2D eigenvalue weighted by Crippen LogP contribution is -2.42. The Morgan fingerprint density at radius 3 is 2.82 bits per heavy atom. The van der Waals surface area contributed by atoms with Gasteiger partial charge in [0.25, 0.3) is 5.91 Å². The average molecular weight is 417 g/mol. The normalized spacial score (nSPS) is 13.1. The Balaban J connectivity index is 1.35. The molecule has 0 atom stereocenters. The Hall–Kier alpha value is -2.84. The maximum Gasteiger partial charge on any atom is 0.318 e. The van der Waals surface area contributed by atoms with Crippen molar-refractivity contribution >= 4 is 40.0 Å². The number of nitrogens with one attached hydrogen (secondary N) is 2.